The highest BCUT2D eigenvalue weighted by atomic mass is 35.5. The average Bonchev–Trinajstić information content (AvgIpc) is 2.47. The predicted octanol–water partition coefficient (Wildman–Crippen LogP) is 1.07. The van der Waals surface area contributed by atoms with Gasteiger partial charge in [-0.05, 0) is 36.0 Å². The van der Waals surface area contributed by atoms with Gasteiger partial charge in [0.1, 0.15) is 0 Å². The normalized spacial score (nSPS) is 19.6. The second-order valence-corrected chi connectivity index (χ2v) is 4.25. The first kappa shape index (κ1) is 10.0. The van der Waals surface area contributed by atoms with Gasteiger partial charge >= 0.3 is 7.12 Å². The second kappa shape index (κ2) is 3.57. The number of fused-ring (bicyclic) bond motifs is 1. The molecule has 1 aliphatic rings. The smallest absolute Gasteiger partial charge is 0.423 e. The summed E-state index contributed by atoms with van der Waals surface area (Å²) in [5.41, 5.74) is 2.73. The minimum Gasteiger partial charge on any atom is -0.423 e. The van der Waals surface area contributed by atoms with Crippen LogP contribution in [0.1, 0.15) is 30.4 Å². The summed E-state index contributed by atoms with van der Waals surface area (Å²) in [6.45, 7) is 2.09. The Morgan fingerprint density at radius 1 is 1.43 bits per heavy atom. The van der Waals surface area contributed by atoms with E-state index in [-0.39, 0.29) is 0 Å². The van der Waals surface area contributed by atoms with E-state index in [2.05, 4.69) is 6.92 Å². The maximum atomic E-state index is 9.26. The minimum absolute atomic E-state index is 0.375. The van der Waals surface area contributed by atoms with Crippen LogP contribution in [0.25, 0.3) is 0 Å². The highest BCUT2D eigenvalue weighted by Crippen LogP contribution is 2.32. The van der Waals surface area contributed by atoms with Crippen molar-refractivity contribution in [2.45, 2.75) is 25.7 Å². The quantitative estimate of drug-likeness (QED) is 0.681. The van der Waals surface area contributed by atoms with Gasteiger partial charge in [0.25, 0.3) is 0 Å². The lowest BCUT2D eigenvalue weighted by atomic mass is 9.74. The van der Waals surface area contributed by atoms with Gasteiger partial charge < -0.3 is 10.0 Å². The van der Waals surface area contributed by atoms with Gasteiger partial charge in [0.05, 0.1) is 0 Å². The minimum atomic E-state index is -1.46. The summed E-state index contributed by atoms with van der Waals surface area (Å²) in [5.74, 6) is 0.375. The first-order valence-electron chi connectivity index (χ1n) is 4.78. The van der Waals surface area contributed by atoms with Crippen molar-refractivity contribution in [3.8, 4) is 0 Å². The molecule has 0 bridgehead atoms. The summed E-state index contributed by atoms with van der Waals surface area (Å²) in [6, 6.07) is 3.72. The molecule has 1 aromatic rings. The third-order valence-electron chi connectivity index (χ3n) is 2.92. The maximum absolute atomic E-state index is 9.26. The first-order chi connectivity index (χ1) is 6.61. The molecule has 2 rings (SSSR count). The fraction of sp³-hybridized carbons (Fsp3) is 0.400. The van der Waals surface area contributed by atoms with Gasteiger partial charge in [0.2, 0.25) is 0 Å². The van der Waals surface area contributed by atoms with Crippen molar-refractivity contribution >= 4 is 24.2 Å². The molecule has 1 aromatic carbocycles. The lowest BCUT2D eigenvalue weighted by Gasteiger charge is -2.13. The number of rotatable bonds is 1. The summed E-state index contributed by atoms with van der Waals surface area (Å²) in [7, 11) is -1.46. The van der Waals surface area contributed by atoms with Crippen LogP contribution in [0.15, 0.2) is 12.1 Å². The van der Waals surface area contributed by atoms with Crippen molar-refractivity contribution < 1.29 is 10.0 Å². The van der Waals surface area contributed by atoms with Crippen molar-refractivity contribution in [2.75, 3.05) is 0 Å². The molecule has 0 heterocycles. The van der Waals surface area contributed by atoms with E-state index in [1.54, 1.807) is 6.07 Å². The molecule has 1 unspecified atom stereocenters. The molecular formula is C10H12BClO2. The van der Waals surface area contributed by atoms with E-state index < -0.39 is 7.12 Å². The number of hydrogen-bond donors (Lipinski definition) is 2. The monoisotopic (exact) mass is 210 g/mol. The van der Waals surface area contributed by atoms with Crippen molar-refractivity contribution in [3.05, 3.63) is 28.3 Å². The molecular weight excluding hydrogens is 198 g/mol. The van der Waals surface area contributed by atoms with Crippen LogP contribution in [0.5, 0.6) is 0 Å². The van der Waals surface area contributed by atoms with Crippen molar-refractivity contribution in [1.29, 1.82) is 0 Å². The zero-order chi connectivity index (χ0) is 10.3. The Morgan fingerprint density at radius 3 is 2.79 bits per heavy atom. The van der Waals surface area contributed by atoms with Crippen LogP contribution < -0.4 is 5.46 Å². The average molecular weight is 210 g/mol. The lowest BCUT2D eigenvalue weighted by molar-refractivity contribution is 0.425. The standard InChI is InChI=1S/C10H12BClO2/c1-6-2-3-7-4-5-8(12)10(9(6)7)11(13)14/h4-6,13-14H,2-3H2,1H3. The second-order valence-electron chi connectivity index (χ2n) is 3.85. The molecule has 0 radical (unpaired) electrons. The largest absolute Gasteiger partial charge is 0.490 e. The number of hydrogen-bond acceptors (Lipinski definition) is 2. The summed E-state index contributed by atoms with van der Waals surface area (Å²) in [4.78, 5) is 0. The van der Waals surface area contributed by atoms with E-state index in [4.69, 9.17) is 11.6 Å². The van der Waals surface area contributed by atoms with Gasteiger partial charge in [0.15, 0.2) is 0 Å². The molecule has 1 aliphatic carbocycles. The van der Waals surface area contributed by atoms with Crippen LogP contribution >= 0.6 is 11.6 Å². The molecule has 74 valence electrons. The van der Waals surface area contributed by atoms with Crippen molar-refractivity contribution in [2.24, 2.45) is 0 Å². The molecule has 2 N–H and O–H groups in total. The van der Waals surface area contributed by atoms with Crippen LogP contribution in [0.2, 0.25) is 5.02 Å². The molecule has 4 heteroatoms. The summed E-state index contributed by atoms with van der Waals surface area (Å²) in [6.07, 6.45) is 2.07. The summed E-state index contributed by atoms with van der Waals surface area (Å²) >= 11 is 5.95. The van der Waals surface area contributed by atoms with Gasteiger partial charge in [0, 0.05) is 10.5 Å². The van der Waals surface area contributed by atoms with E-state index in [0.717, 1.165) is 18.4 Å². The molecule has 0 amide bonds. The van der Waals surface area contributed by atoms with E-state index in [1.807, 2.05) is 6.07 Å². The molecule has 14 heavy (non-hydrogen) atoms. The SMILES string of the molecule is CC1CCc2ccc(Cl)c(B(O)O)c21. The topological polar surface area (TPSA) is 40.5 Å². The Labute approximate surface area is 88.7 Å². The van der Waals surface area contributed by atoms with Crippen LogP contribution in [0, 0.1) is 0 Å². The van der Waals surface area contributed by atoms with E-state index >= 15 is 0 Å². The molecule has 0 saturated carbocycles. The Hall–Kier alpha value is -0.505. The number of halogens is 1. The summed E-state index contributed by atoms with van der Waals surface area (Å²) in [5, 5.41) is 19.0. The zero-order valence-corrected chi connectivity index (χ0v) is 8.75. The third kappa shape index (κ3) is 1.46. The molecule has 0 aliphatic heterocycles. The maximum Gasteiger partial charge on any atom is 0.490 e. The molecule has 1 atom stereocenters. The summed E-state index contributed by atoms with van der Waals surface area (Å²) < 4.78 is 0. The van der Waals surface area contributed by atoms with Gasteiger partial charge in [-0.15, -0.1) is 0 Å². The van der Waals surface area contributed by atoms with Crippen LogP contribution in [0.4, 0.5) is 0 Å². The highest BCUT2D eigenvalue weighted by molar-refractivity contribution is 6.63. The molecule has 0 aromatic heterocycles. The van der Waals surface area contributed by atoms with Crippen molar-refractivity contribution in [3.63, 3.8) is 0 Å². The Morgan fingerprint density at radius 2 is 2.14 bits per heavy atom. The number of benzene rings is 1. The molecule has 0 saturated heterocycles. The van der Waals surface area contributed by atoms with Crippen LogP contribution in [0.3, 0.4) is 0 Å². The van der Waals surface area contributed by atoms with Gasteiger partial charge in [-0.3, -0.25) is 0 Å². The van der Waals surface area contributed by atoms with Crippen LogP contribution in [-0.2, 0) is 6.42 Å². The van der Waals surface area contributed by atoms with Crippen LogP contribution in [-0.4, -0.2) is 17.2 Å². The Balaban J connectivity index is 2.62. The highest BCUT2D eigenvalue weighted by Gasteiger charge is 2.28. The fourth-order valence-corrected chi connectivity index (χ4v) is 2.50. The predicted molar refractivity (Wildman–Crippen MR) is 58.0 cm³/mol. The first-order valence-corrected chi connectivity index (χ1v) is 5.16. The zero-order valence-electron chi connectivity index (χ0n) is 8.00. The third-order valence-corrected chi connectivity index (χ3v) is 3.25. The van der Waals surface area contributed by atoms with Gasteiger partial charge in [-0.2, -0.15) is 0 Å². The fourth-order valence-electron chi connectivity index (χ4n) is 2.23. The van der Waals surface area contributed by atoms with Gasteiger partial charge in [-0.25, -0.2) is 0 Å². The van der Waals surface area contributed by atoms with Crippen molar-refractivity contribution in [1.82, 2.24) is 0 Å². The van der Waals surface area contributed by atoms with E-state index in [0.29, 0.717) is 16.4 Å². The van der Waals surface area contributed by atoms with E-state index in [9.17, 15) is 10.0 Å². The van der Waals surface area contributed by atoms with Gasteiger partial charge in [-0.1, -0.05) is 24.6 Å². The Kier molecular flexibility index (Phi) is 2.56. The molecule has 0 spiro atoms. The lowest BCUT2D eigenvalue weighted by Crippen LogP contribution is -2.34. The van der Waals surface area contributed by atoms with E-state index in [1.165, 1.54) is 5.56 Å². The molecule has 0 fully saturated rings. The molecule has 2 nitrogen and oxygen atoms in total. The number of aryl methyl sites for hydroxylation is 1. The Bertz CT molecular complexity index is 365.